The molecular weight excluding hydrogens is 537 g/mol. The van der Waals surface area contributed by atoms with Crippen molar-refractivity contribution in [1.29, 1.82) is 0 Å². The average molecular weight is 576 g/mol. The van der Waals surface area contributed by atoms with Gasteiger partial charge in [-0.05, 0) is 59.4 Å². The summed E-state index contributed by atoms with van der Waals surface area (Å²) in [6, 6.07) is 9.07. The molecule has 212 valence electrons. The molecule has 0 unspecified atom stereocenters. The van der Waals surface area contributed by atoms with Crippen LogP contribution in [0.15, 0.2) is 36.4 Å². The first-order valence-electron chi connectivity index (χ1n) is 12.6. The van der Waals surface area contributed by atoms with E-state index in [-0.39, 0.29) is 36.4 Å². The quantitative estimate of drug-likeness (QED) is 0.373. The first-order chi connectivity index (χ1) is 17.2. The lowest BCUT2D eigenvalue weighted by Gasteiger charge is -2.27. The van der Waals surface area contributed by atoms with Crippen molar-refractivity contribution < 1.29 is 63.3 Å². The number of hydrogen-bond donors (Lipinski definition) is 2. The largest absolute Gasteiger partial charge is 1.00 e. The fourth-order valence-electron chi connectivity index (χ4n) is 5.37. The third-order valence-corrected chi connectivity index (χ3v) is 7.35. The molecule has 0 aromatic heterocycles. The van der Waals surface area contributed by atoms with Gasteiger partial charge in [0.25, 0.3) is 0 Å². The monoisotopic (exact) mass is 574 g/mol. The minimum absolute atomic E-state index is 0. The standard InChI is InChI=1S/2C14H18FNO2.2ClH/c2*1-9-8-16-4-3-13(9)10-5-11(14(17)18-2)7-12(15)6-10;;/h2*5-7,9,13,16H,3-4,8H2,1-2H3;2*1H/t2*9-,13-;;/m00../s1. The Balaban J connectivity index is 0.000000361. The highest BCUT2D eigenvalue weighted by atomic mass is 35.5. The molecule has 0 amide bonds. The highest BCUT2D eigenvalue weighted by molar-refractivity contribution is 5.90. The third kappa shape index (κ3) is 8.90. The van der Waals surface area contributed by atoms with E-state index in [0.29, 0.717) is 34.8 Å². The minimum atomic E-state index is -0.481. The van der Waals surface area contributed by atoms with Crippen molar-refractivity contribution in [3.05, 3.63) is 70.3 Å². The molecule has 6 nitrogen and oxygen atoms in total. The predicted molar refractivity (Wildman–Crippen MR) is 132 cm³/mol. The molecule has 2 saturated heterocycles. The number of piperidine rings is 2. The van der Waals surface area contributed by atoms with Gasteiger partial charge < -0.3 is 44.9 Å². The normalized spacial score (nSPS) is 22.5. The lowest BCUT2D eigenvalue weighted by Crippen LogP contribution is -3.00. The molecule has 2 aromatic carbocycles. The summed E-state index contributed by atoms with van der Waals surface area (Å²) in [6.45, 7) is 8.55. The van der Waals surface area contributed by atoms with Gasteiger partial charge >= 0.3 is 11.9 Å². The van der Waals surface area contributed by atoms with Crippen LogP contribution in [0.5, 0.6) is 0 Å². The molecule has 2 heterocycles. The molecular formula is C28H38Cl2F2N2O4. The minimum Gasteiger partial charge on any atom is -1.00 e. The SMILES string of the molecule is COC(=O)c1cc(F)cc([C@H]2CC[NH2+]C[C@@H]2C)c1.COC(=O)c1cc(F)cc([C@H]2CC[NH2+]C[C@@H]2C)c1.[Cl-].[Cl-]. The van der Waals surface area contributed by atoms with Gasteiger partial charge in [-0.25, -0.2) is 18.4 Å². The van der Waals surface area contributed by atoms with Crippen LogP contribution < -0.4 is 35.4 Å². The van der Waals surface area contributed by atoms with Crippen LogP contribution in [0.25, 0.3) is 0 Å². The number of esters is 2. The van der Waals surface area contributed by atoms with Crippen LogP contribution in [0.1, 0.15) is 70.4 Å². The molecule has 2 aliphatic rings. The molecule has 0 radical (unpaired) electrons. The van der Waals surface area contributed by atoms with Crippen LogP contribution in [0, 0.1) is 23.5 Å². The molecule has 0 aliphatic carbocycles. The summed E-state index contributed by atoms with van der Waals surface area (Å²) >= 11 is 0. The van der Waals surface area contributed by atoms with Crippen molar-refractivity contribution in [2.75, 3.05) is 40.4 Å². The molecule has 4 atom stereocenters. The van der Waals surface area contributed by atoms with Gasteiger partial charge in [-0.2, -0.15) is 0 Å². The van der Waals surface area contributed by atoms with Gasteiger partial charge in [0.1, 0.15) is 11.6 Å². The lowest BCUT2D eigenvalue weighted by atomic mass is 9.82. The summed E-state index contributed by atoms with van der Waals surface area (Å²) in [7, 11) is 2.62. The number of benzene rings is 2. The Hall–Kier alpha value is -2.26. The second-order valence-corrected chi connectivity index (χ2v) is 9.90. The van der Waals surface area contributed by atoms with Crippen LogP contribution in [-0.4, -0.2) is 52.3 Å². The van der Waals surface area contributed by atoms with Crippen LogP contribution in [-0.2, 0) is 9.47 Å². The zero-order chi connectivity index (χ0) is 26.2. The van der Waals surface area contributed by atoms with E-state index >= 15 is 0 Å². The number of quaternary nitrogens is 2. The third-order valence-electron chi connectivity index (χ3n) is 7.35. The van der Waals surface area contributed by atoms with Crippen LogP contribution in [0.2, 0.25) is 0 Å². The van der Waals surface area contributed by atoms with Gasteiger partial charge in [0.2, 0.25) is 0 Å². The first kappa shape index (κ1) is 33.8. The number of ether oxygens (including phenoxy) is 2. The summed E-state index contributed by atoms with van der Waals surface area (Å²) in [5, 5.41) is 4.56. The van der Waals surface area contributed by atoms with Gasteiger partial charge in [0, 0.05) is 24.7 Å². The number of hydrogen-bond acceptors (Lipinski definition) is 4. The smallest absolute Gasteiger partial charge is 0.337 e. The average Bonchev–Trinajstić information content (AvgIpc) is 2.88. The van der Waals surface area contributed by atoms with Gasteiger partial charge in [-0.15, -0.1) is 0 Å². The fourth-order valence-corrected chi connectivity index (χ4v) is 5.37. The number of carbonyl (C=O) groups excluding carboxylic acids is 2. The first-order valence-corrected chi connectivity index (χ1v) is 12.6. The maximum Gasteiger partial charge on any atom is 0.337 e. The molecule has 4 rings (SSSR count). The Bertz CT molecular complexity index is 990. The van der Waals surface area contributed by atoms with Crippen molar-refractivity contribution >= 4 is 11.9 Å². The van der Waals surface area contributed by atoms with Crippen molar-refractivity contribution in [1.82, 2.24) is 0 Å². The van der Waals surface area contributed by atoms with E-state index in [2.05, 4.69) is 34.0 Å². The van der Waals surface area contributed by atoms with E-state index < -0.39 is 11.9 Å². The highest BCUT2D eigenvalue weighted by Crippen LogP contribution is 2.31. The summed E-state index contributed by atoms with van der Waals surface area (Å²) in [6.07, 6.45) is 2.04. The molecule has 4 N–H and O–H groups in total. The summed E-state index contributed by atoms with van der Waals surface area (Å²) in [4.78, 5) is 23.0. The number of halogens is 4. The summed E-state index contributed by atoms with van der Waals surface area (Å²) < 4.78 is 36.5. The van der Waals surface area contributed by atoms with Crippen LogP contribution >= 0.6 is 0 Å². The Morgan fingerprint density at radius 3 is 1.39 bits per heavy atom. The van der Waals surface area contributed by atoms with E-state index in [1.54, 1.807) is 24.3 Å². The second-order valence-electron chi connectivity index (χ2n) is 9.90. The number of nitrogens with two attached hydrogens (primary N) is 2. The number of methoxy groups -OCH3 is 2. The zero-order valence-electron chi connectivity index (χ0n) is 22.3. The maximum absolute atomic E-state index is 13.6. The molecule has 0 bridgehead atoms. The molecule has 0 saturated carbocycles. The van der Waals surface area contributed by atoms with Gasteiger partial charge in [0.05, 0.1) is 51.5 Å². The Kier molecular flexibility index (Phi) is 14.2. The van der Waals surface area contributed by atoms with Gasteiger partial charge in [0.15, 0.2) is 0 Å². The lowest BCUT2D eigenvalue weighted by molar-refractivity contribution is -0.669. The zero-order valence-corrected chi connectivity index (χ0v) is 23.8. The molecule has 2 aromatic rings. The van der Waals surface area contributed by atoms with Crippen molar-refractivity contribution in [3.8, 4) is 0 Å². The number of rotatable bonds is 4. The second kappa shape index (κ2) is 16.0. The molecule has 0 spiro atoms. The van der Waals surface area contributed by atoms with E-state index in [4.69, 9.17) is 0 Å². The molecule has 2 aliphatic heterocycles. The predicted octanol–water partition coefficient (Wildman–Crippen LogP) is -3.39. The Morgan fingerprint density at radius 2 is 1.08 bits per heavy atom. The summed E-state index contributed by atoms with van der Waals surface area (Å²) in [5.41, 5.74) is 2.43. The van der Waals surface area contributed by atoms with E-state index in [1.807, 2.05) is 0 Å². The molecule has 10 heteroatoms. The topological polar surface area (TPSA) is 85.8 Å². The Labute approximate surface area is 236 Å². The number of carbonyl (C=O) groups is 2. The molecule has 38 heavy (non-hydrogen) atoms. The van der Waals surface area contributed by atoms with E-state index in [0.717, 1.165) is 50.1 Å². The van der Waals surface area contributed by atoms with Gasteiger partial charge in [-0.1, -0.05) is 13.8 Å². The van der Waals surface area contributed by atoms with Crippen molar-refractivity contribution in [3.63, 3.8) is 0 Å². The maximum atomic E-state index is 13.6. The highest BCUT2D eigenvalue weighted by Gasteiger charge is 2.27. The van der Waals surface area contributed by atoms with Crippen LogP contribution in [0.4, 0.5) is 8.78 Å². The Morgan fingerprint density at radius 1 is 0.711 bits per heavy atom. The summed E-state index contributed by atoms with van der Waals surface area (Å²) in [5.74, 6) is -0.0545. The van der Waals surface area contributed by atoms with Crippen LogP contribution in [0.3, 0.4) is 0 Å². The van der Waals surface area contributed by atoms with E-state index in [1.165, 1.54) is 26.4 Å². The fraction of sp³-hybridized carbons (Fsp3) is 0.500. The van der Waals surface area contributed by atoms with E-state index in [9.17, 15) is 18.4 Å². The van der Waals surface area contributed by atoms with Gasteiger partial charge in [-0.3, -0.25) is 0 Å². The van der Waals surface area contributed by atoms with Crippen molar-refractivity contribution in [2.24, 2.45) is 11.8 Å². The van der Waals surface area contributed by atoms with Crippen molar-refractivity contribution in [2.45, 2.75) is 38.5 Å². The molecule has 2 fully saturated rings.